The molecule has 0 amide bonds. The fourth-order valence-corrected chi connectivity index (χ4v) is 3.47. The van der Waals surface area contributed by atoms with Crippen LogP contribution in [0.1, 0.15) is 23.6 Å². The van der Waals surface area contributed by atoms with Gasteiger partial charge in [0.2, 0.25) is 0 Å². The molecular formula is C25H26N2O3. The molecule has 0 aliphatic rings. The molecule has 0 bridgehead atoms. The van der Waals surface area contributed by atoms with Gasteiger partial charge in [-0.1, -0.05) is 60.7 Å². The lowest BCUT2D eigenvalue weighted by Gasteiger charge is -2.19. The Balaban J connectivity index is 2.07. The molecule has 0 saturated carbocycles. The van der Waals surface area contributed by atoms with Crippen molar-refractivity contribution in [1.29, 1.82) is 0 Å². The van der Waals surface area contributed by atoms with Gasteiger partial charge in [0.05, 0.1) is 16.1 Å². The van der Waals surface area contributed by atoms with Gasteiger partial charge >= 0.3 is 0 Å². The van der Waals surface area contributed by atoms with Gasteiger partial charge in [-0.3, -0.25) is 10.1 Å². The molecule has 3 rings (SSSR count). The van der Waals surface area contributed by atoms with Crippen molar-refractivity contribution in [2.24, 2.45) is 0 Å². The highest BCUT2D eigenvalue weighted by Crippen LogP contribution is 2.33. The summed E-state index contributed by atoms with van der Waals surface area (Å²) in [5, 5.41) is 12.1. The van der Waals surface area contributed by atoms with Gasteiger partial charge in [-0.15, -0.1) is 0 Å². The minimum atomic E-state index is -0.304. The Morgan fingerprint density at radius 2 is 1.37 bits per heavy atom. The zero-order chi connectivity index (χ0) is 21.5. The first kappa shape index (κ1) is 21.3. The smallest absolute Gasteiger partial charge is 0.284 e. The van der Waals surface area contributed by atoms with Crippen molar-refractivity contribution in [3.8, 4) is 5.75 Å². The molecule has 0 fully saturated rings. The summed E-state index contributed by atoms with van der Waals surface area (Å²) in [4.78, 5) is 13.9. The fourth-order valence-electron chi connectivity index (χ4n) is 3.47. The summed E-state index contributed by atoms with van der Waals surface area (Å²) in [5.41, 5.74) is 2.80. The van der Waals surface area contributed by atoms with Crippen molar-refractivity contribution >= 4 is 11.3 Å². The molecular weight excluding hydrogens is 376 g/mol. The van der Waals surface area contributed by atoms with Crippen LogP contribution in [0, 0.1) is 10.1 Å². The van der Waals surface area contributed by atoms with E-state index in [0.29, 0.717) is 11.1 Å². The Labute approximate surface area is 177 Å². The molecule has 0 aliphatic heterocycles. The number of hydrogen-bond donors (Lipinski definition) is 0. The monoisotopic (exact) mass is 402 g/mol. The summed E-state index contributed by atoms with van der Waals surface area (Å²) < 4.78 is 5.97. The quantitative estimate of drug-likeness (QED) is 0.295. The van der Waals surface area contributed by atoms with Gasteiger partial charge in [-0.25, -0.2) is 0 Å². The van der Waals surface area contributed by atoms with Gasteiger partial charge in [0.25, 0.3) is 5.70 Å². The van der Waals surface area contributed by atoms with E-state index in [2.05, 4.69) is 4.90 Å². The van der Waals surface area contributed by atoms with E-state index < -0.39 is 0 Å². The zero-order valence-corrected chi connectivity index (χ0v) is 17.5. The Bertz CT molecular complexity index is 998. The van der Waals surface area contributed by atoms with E-state index in [0.717, 1.165) is 23.4 Å². The van der Waals surface area contributed by atoms with E-state index >= 15 is 0 Å². The zero-order valence-electron chi connectivity index (χ0n) is 17.5. The van der Waals surface area contributed by atoms with E-state index in [9.17, 15) is 10.1 Å². The van der Waals surface area contributed by atoms with Crippen molar-refractivity contribution < 1.29 is 9.66 Å². The van der Waals surface area contributed by atoms with E-state index in [1.54, 1.807) is 12.1 Å². The first-order chi connectivity index (χ1) is 14.5. The van der Waals surface area contributed by atoms with Crippen LogP contribution >= 0.6 is 0 Å². The van der Waals surface area contributed by atoms with Crippen molar-refractivity contribution in [3.05, 3.63) is 112 Å². The molecule has 0 radical (unpaired) electrons. The average molecular weight is 402 g/mol. The predicted molar refractivity (Wildman–Crippen MR) is 121 cm³/mol. The largest absolute Gasteiger partial charge is 0.489 e. The van der Waals surface area contributed by atoms with Gasteiger partial charge in [0.1, 0.15) is 11.9 Å². The summed E-state index contributed by atoms with van der Waals surface area (Å²) in [7, 11) is 4.01. The lowest BCUT2D eigenvalue weighted by Crippen LogP contribution is -2.27. The second-order valence-electron chi connectivity index (χ2n) is 7.43. The highest BCUT2D eigenvalue weighted by Gasteiger charge is 2.23. The third-order valence-corrected chi connectivity index (χ3v) is 4.63. The third kappa shape index (κ3) is 5.33. The number of ether oxygens (including phenoxy) is 1. The third-order valence-electron chi connectivity index (χ3n) is 4.63. The molecule has 3 aromatic rings. The maximum absolute atomic E-state index is 12.1. The lowest BCUT2D eigenvalue weighted by molar-refractivity contribution is -0.374. The summed E-state index contributed by atoms with van der Waals surface area (Å²) in [5.74, 6) is 0.739. The van der Waals surface area contributed by atoms with Gasteiger partial charge in [-0.05, 0) is 56.4 Å². The Morgan fingerprint density at radius 3 is 1.87 bits per heavy atom. The van der Waals surface area contributed by atoms with Crippen molar-refractivity contribution in [1.82, 2.24) is 4.90 Å². The van der Waals surface area contributed by atoms with E-state index in [4.69, 9.17) is 4.74 Å². The van der Waals surface area contributed by atoms with Crippen LogP contribution in [-0.4, -0.2) is 36.6 Å². The minimum Gasteiger partial charge on any atom is -0.489 e. The van der Waals surface area contributed by atoms with Gasteiger partial charge in [0, 0.05) is 6.54 Å². The summed E-state index contributed by atoms with van der Waals surface area (Å²) in [6.07, 6.45) is 0.0358. The number of benzene rings is 3. The highest BCUT2D eigenvalue weighted by atomic mass is 16.6. The summed E-state index contributed by atoms with van der Waals surface area (Å²) in [6.45, 7) is 2.82. The summed E-state index contributed by atoms with van der Waals surface area (Å²) >= 11 is 0. The normalized spacial score (nSPS) is 12.9. The first-order valence-corrected chi connectivity index (χ1v) is 9.87. The van der Waals surface area contributed by atoms with Crippen molar-refractivity contribution in [2.45, 2.75) is 13.0 Å². The maximum Gasteiger partial charge on any atom is 0.284 e. The second kappa shape index (κ2) is 9.85. The SMILES string of the molecule is CC(CN(C)C)Oc1ccc(/C(=C(\c2ccccc2)[N+](=O)[O-])c2ccccc2)cc1. The Kier molecular flexibility index (Phi) is 6.99. The molecule has 154 valence electrons. The molecule has 0 heterocycles. The molecule has 0 N–H and O–H groups in total. The minimum absolute atomic E-state index is 0.0358. The van der Waals surface area contributed by atoms with Crippen LogP contribution in [0.4, 0.5) is 0 Å². The molecule has 0 spiro atoms. The van der Waals surface area contributed by atoms with Crippen LogP contribution in [0.25, 0.3) is 11.3 Å². The van der Waals surface area contributed by atoms with Gasteiger partial charge < -0.3 is 9.64 Å². The van der Waals surface area contributed by atoms with Crippen LogP contribution in [-0.2, 0) is 0 Å². The van der Waals surface area contributed by atoms with Crippen LogP contribution in [0.5, 0.6) is 5.75 Å². The molecule has 0 saturated heterocycles. The van der Waals surface area contributed by atoms with Crippen LogP contribution < -0.4 is 4.74 Å². The molecule has 30 heavy (non-hydrogen) atoms. The Hall–Kier alpha value is -3.44. The van der Waals surface area contributed by atoms with Crippen LogP contribution in [0.15, 0.2) is 84.9 Å². The Morgan fingerprint density at radius 1 is 0.867 bits per heavy atom. The van der Waals surface area contributed by atoms with Crippen molar-refractivity contribution in [2.75, 3.05) is 20.6 Å². The van der Waals surface area contributed by atoms with E-state index in [1.807, 2.05) is 93.8 Å². The molecule has 1 unspecified atom stereocenters. The highest BCUT2D eigenvalue weighted by molar-refractivity contribution is 5.95. The van der Waals surface area contributed by atoms with E-state index in [-0.39, 0.29) is 16.7 Å². The number of rotatable bonds is 8. The number of hydrogen-bond acceptors (Lipinski definition) is 4. The van der Waals surface area contributed by atoms with Crippen LogP contribution in [0.3, 0.4) is 0 Å². The predicted octanol–water partition coefficient (Wildman–Crippen LogP) is 5.21. The first-order valence-electron chi connectivity index (χ1n) is 9.87. The number of likely N-dealkylation sites (N-methyl/N-ethyl adjacent to an activating group) is 1. The molecule has 0 aromatic heterocycles. The molecule has 0 aliphatic carbocycles. The van der Waals surface area contributed by atoms with Gasteiger partial charge in [-0.2, -0.15) is 0 Å². The number of nitrogens with zero attached hydrogens (tertiary/aromatic N) is 2. The average Bonchev–Trinajstić information content (AvgIpc) is 2.73. The lowest BCUT2D eigenvalue weighted by atomic mass is 9.93. The van der Waals surface area contributed by atoms with E-state index in [1.165, 1.54) is 0 Å². The fraction of sp³-hybridized carbons (Fsp3) is 0.200. The maximum atomic E-state index is 12.1. The molecule has 5 nitrogen and oxygen atoms in total. The molecule has 5 heteroatoms. The van der Waals surface area contributed by atoms with Gasteiger partial charge in [0.15, 0.2) is 0 Å². The summed E-state index contributed by atoms with van der Waals surface area (Å²) in [6, 6.07) is 26.0. The topological polar surface area (TPSA) is 55.6 Å². The number of nitro groups is 1. The standard InChI is InChI=1S/C25H26N2O3/c1-19(18-26(2)3)30-23-16-14-21(15-17-23)24(20-10-6-4-7-11-20)25(27(28)29)22-12-8-5-9-13-22/h4-17,19H,18H2,1-3H3/b25-24+. The molecule has 3 aromatic carbocycles. The van der Waals surface area contributed by atoms with Crippen LogP contribution in [0.2, 0.25) is 0 Å². The second-order valence-corrected chi connectivity index (χ2v) is 7.43. The molecule has 1 atom stereocenters. The van der Waals surface area contributed by atoms with Crippen molar-refractivity contribution in [3.63, 3.8) is 0 Å².